The maximum absolute atomic E-state index is 9.22. The summed E-state index contributed by atoms with van der Waals surface area (Å²) >= 11 is 0. The van der Waals surface area contributed by atoms with E-state index in [9.17, 15) is 1.37 Å². The maximum Gasteiger partial charge on any atom is 0.238 e. The summed E-state index contributed by atoms with van der Waals surface area (Å²) < 4.78 is 94.4. The van der Waals surface area contributed by atoms with E-state index in [0.717, 1.165) is 0 Å². The molecule has 5 nitrogen and oxygen atoms in total. The minimum atomic E-state index is -0.554. The highest BCUT2D eigenvalue weighted by Gasteiger charge is 2.21. The van der Waals surface area contributed by atoms with E-state index in [2.05, 4.69) is 0 Å². The number of nitrogens with zero attached hydrogens (tertiary/aromatic N) is 4. The molecule has 0 aliphatic heterocycles. The van der Waals surface area contributed by atoms with Gasteiger partial charge < -0.3 is 4.42 Å². The van der Waals surface area contributed by atoms with E-state index in [4.69, 9.17) is 31.7 Å². The van der Waals surface area contributed by atoms with Crippen LogP contribution in [-0.2, 0) is 0 Å². The summed E-state index contributed by atoms with van der Waals surface area (Å²) in [7, 11) is 0. The molecule has 0 fully saturated rings. The van der Waals surface area contributed by atoms with E-state index < -0.39 is 60.4 Å². The fourth-order valence-electron chi connectivity index (χ4n) is 4.72. The molecule has 0 saturated heterocycles. The Morgan fingerprint density at radius 2 is 1.18 bits per heavy atom. The number of rotatable bonds is 3. The van der Waals surface area contributed by atoms with Crippen molar-refractivity contribution in [3.05, 3.63) is 121 Å². The molecule has 0 atom stereocenters. The SMILES string of the molecule is [2H]c1c([2H])c([2H])c2c(oc3c([2H])c([2H])c4c(c5c([2H])c([2H])c([2H])c([2H])c5n4-c4nc(-c5ccccc5)nc(-c5ccccc5)n4)c32)c1[2H]. The molecule has 0 unspecified atom stereocenters. The van der Waals surface area contributed by atoms with E-state index in [1.807, 2.05) is 36.4 Å². The molecule has 0 radical (unpaired) electrons. The van der Waals surface area contributed by atoms with Crippen LogP contribution >= 0.6 is 0 Å². The fourth-order valence-corrected chi connectivity index (χ4v) is 4.72. The van der Waals surface area contributed by atoms with Crippen LogP contribution < -0.4 is 0 Å². The van der Waals surface area contributed by atoms with Crippen LogP contribution in [0.5, 0.6) is 0 Å². The summed E-state index contributed by atoms with van der Waals surface area (Å²) in [6.07, 6.45) is 0. The van der Waals surface area contributed by atoms with E-state index >= 15 is 0 Å². The second-order valence-electron chi connectivity index (χ2n) is 8.56. The summed E-state index contributed by atoms with van der Waals surface area (Å²) in [5.74, 6) is 0.406. The Hall–Kier alpha value is -5.29. The minimum Gasteiger partial charge on any atom is -0.456 e. The molecule has 0 aliphatic carbocycles. The summed E-state index contributed by atoms with van der Waals surface area (Å²) in [6, 6.07) is 13.2. The topological polar surface area (TPSA) is 56.7 Å². The second kappa shape index (κ2) is 8.11. The van der Waals surface area contributed by atoms with Crippen LogP contribution in [0, 0.1) is 0 Å². The Labute approximate surface area is 231 Å². The van der Waals surface area contributed by atoms with Gasteiger partial charge in [0.05, 0.1) is 24.7 Å². The number of hydrogen-bond acceptors (Lipinski definition) is 4. The lowest BCUT2D eigenvalue weighted by Gasteiger charge is -2.10. The quantitative estimate of drug-likeness (QED) is 0.246. The van der Waals surface area contributed by atoms with Gasteiger partial charge in [0.2, 0.25) is 5.95 Å². The van der Waals surface area contributed by atoms with Crippen molar-refractivity contribution in [3.8, 4) is 28.7 Å². The highest BCUT2D eigenvalue weighted by Crippen LogP contribution is 2.40. The van der Waals surface area contributed by atoms with Gasteiger partial charge in [0.25, 0.3) is 0 Å². The number of benzene rings is 5. The highest BCUT2D eigenvalue weighted by atomic mass is 16.3. The van der Waals surface area contributed by atoms with Crippen LogP contribution in [0.1, 0.15) is 13.7 Å². The molecular weight excluding hydrogens is 468 g/mol. The molecule has 38 heavy (non-hydrogen) atoms. The molecule has 178 valence electrons. The first-order valence-corrected chi connectivity index (χ1v) is 11.7. The lowest BCUT2D eigenvalue weighted by Crippen LogP contribution is -2.06. The van der Waals surface area contributed by atoms with Gasteiger partial charge in [-0.05, 0) is 24.2 Å². The lowest BCUT2D eigenvalue weighted by atomic mass is 10.1. The van der Waals surface area contributed by atoms with Gasteiger partial charge in [-0.1, -0.05) is 96.9 Å². The van der Waals surface area contributed by atoms with Gasteiger partial charge in [-0.15, -0.1) is 0 Å². The van der Waals surface area contributed by atoms with E-state index in [1.54, 1.807) is 24.3 Å². The predicted octanol–water partition coefficient (Wildman–Crippen LogP) is 8.20. The number of fused-ring (bicyclic) bond motifs is 7. The Bertz CT molecular complexity index is 2620. The summed E-state index contributed by atoms with van der Waals surface area (Å²) in [5.41, 5.74) is 0.659. The summed E-state index contributed by atoms with van der Waals surface area (Å²) in [5, 5.41) is -0.0683. The molecule has 0 spiro atoms. The molecule has 0 N–H and O–H groups in total. The zero-order valence-corrected chi connectivity index (χ0v) is 19.5. The summed E-state index contributed by atoms with van der Waals surface area (Å²) in [4.78, 5) is 14.2. The zero-order valence-electron chi connectivity index (χ0n) is 29.5. The van der Waals surface area contributed by atoms with Crippen LogP contribution in [0.4, 0.5) is 0 Å². The Morgan fingerprint density at radius 1 is 0.553 bits per heavy atom. The number of furan rings is 1. The van der Waals surface area contributed by atoms with Crippen molar-refractivity contribution in [2.24, 2.45) is 0 Å². The third kappa shape index (κ3) is 3.09. The lowest BCUT2D eigenvalue weighted by molar-refractivity contribution is 0.669. The van der Waals surface area contributed by atoms with Crippen molar-refractivity contribution in [1.82, 2.24) is 19.5 Å². The van der Waals surface area contributed by atoms with Crippen LogP contribution in [0.2, 0.25) is 0 Å². The standard InChI is InChI=1S/C33H20N4O/c1-3-11-21(12-4-1)31-34-32(22-13-5-2-6-14-22)36-33(35-31)37-25-17-9-7-15-23(25)29-26(37)19-20-28-30(29)24-16-8-10-18-27(24)38-28/h1-20H/i7D,8D,9D,10D,15D,16D,17D,18D,19D,20D. The normalized spacial score (nSPS) is 15.4. The van der Waals surface area contributed by atoms with Crippen molar-refractivity contribution in [2.75, 3.05) is 0 Å². The molecular formula is C33H20N4O. The fraction of sp³-hybridized carbons (Fsp3) is 0. The van der Waals surface area contributed by atoms with Crippen molar-refractivity contribution >= 4 is 43.7 Å². The smallest absolute Gasteiger partial charge is 0.238 e. The third-order valence-electron chi connectivity index (χ3n) is 6.37. The van der Waals surface area contributed by atoms with E-state index in [0.29, 0.717) is 11.1 Å². The van der Waals surface area contributed by atoms with Gasteiger partial charge in [-0.25, -0.2) is 4.98 Å². The predicted molar refractivity (Wildman–Crippen MR) is 152 cm³/mol. The Balaban J connectivity index is 1.66. The average Bonchev–Trinajstić information content (AvgIpc) is 3.69. The van der Waals surface area contributed by atoms with Crippen LogP contribution in [-0.4, -0.2) is 19.5 Å². The monoisotopic (exact) mass is 498 g/mol. The molecule has 5 aromatic carbocycles. The molecule has 3 heterocycles. The van der Waals surface area contributed by atoms with Gasteiger partial charge in [0.1, 0.15) is 11.2 Å². The Kier molecular flexibility index (Phi) is 2.84. The second-order valence-corrected chi connectivity index (χ2v) is 8.56. The van der Waals surface area contributed by atoms with Gasteiger partial charge in [0, 0.05) is 32.7 Å². The van der Waals surface area contributed by atoms with Gasteiger partial charge in [-0.2, -0.15) is 9.97 Å². The highest BCUT2D eigenvalue weighted by molar-refractivity contribution is 6.27. The first kappa shape index (κ1) is 13.3. The molecule has 0 saturated carbocycles. The minimum absolute atomic E-state index is 0.0161. The van der Waals surface area contributed by atoms with Crippen molar-refractivity contribution in [1.29, 1.82) is 0 Å². The number of hydrogen-bond donors (Lipinski definition) is 0. The molecule has 8 rings (SSSR count). The molecule has 0 bridgehead atoms. The van der Waals surface area contributed by atoms with Crippen LogP contribution in [0.3, 0.4) is 0 Å². The van der Waals surface area contributed by atoms with Gasteiger partial charge >= 0.3 is 0 Å². The molecule has 5 heteroatoms. The average molecular weight is 499 g/mol. The molecule has 0 amide bonds. The van der Waals surface area contributed by atoms with Gasteiger partial charge in [0.15, 0.2) is 11.6 Å². The van der Waals surface area contributed by atoms with Crippen molar-refractivity contribution < 1.29 is 18.1 Å². The summed E-state index contributed by atoms with van der Waals surface area (Å²) in [6.45, 7) is 0. The number of aromatic nitrogens is 4. The van der Waals surface area contributed by atoms with Gasteiger partial charge in [-0.3, -0.25) is 4.57 Å². The van der Waals surface area contributed by atoms with Crippen LogP contribution in [0.25, 0.3) is 72.5 Å². The first-order chi connectivity index (χ1) is 23.0. The van der Waals surface area contributed by atoms with Crippen molar-refractivity contribution in [3.63, 3.8) is 0 Å². The van der Waals surface area contributed by atoms with E-state index in [1.165, 1.54) is 4.57 Å². The Morgan fingerprint density at radius 3 is 1.89 bits per heavy atom. The first-order valence-electron chi connectivity index (χ1n) is 16.7. The van der Waals surface area contributed by atoms with E-state index in [-0.39, 0.29) is 61.3 Å². The largest absolute Gasteiger partial charge is 0.456 e. The molecule has 3 aromatic heterocycles. The molecule has 8 aromatic rings. The van der Waals surface area contributed by atoms with Crippen molar-refractivity contribution in [2.45, 2.75) is 0 Å². The third-order valence-corrected chi connectivity index (χ3v) is 6.37. The zero-order chi connectivity index (χ0) is 33.8. The number of para-hydroxylation sites is 2. The molecule has 0 aliphatic rings. The maximum atomic E-state index is 9.22. The van der Waals surface area contributed by atoms with Crippen LogP contribution in [0.15, 0.2) is 126 Å².